The minimum atomic E-state index is -0.141. The smallest absolute Gasteiger partial charge is 0.249 e. The van der Waals surface area contributed by atoms with Gasteiger partial charge in [0.15, 0.2) is 11.6 Å². The van der Waals surface area contributed by atoms with Crippen LogP contribution < -0.4 is 16.0 Å². The highest BCUT2D eigenvalue weighted by Gasteiger charge is 2.04. The maximum atomic E-state index is 11.3. The van der Waals surface area contributed by atoms with Crippen LogP contribution in [0.2, 0.25) is 0 Å². The highest BCUT2D eigenvalue weighted by molar-refractivity contribution is 5.94. The molecule has 3 N–H and O–H groups in total. The molecule has 0 aliphatic carbocycles. The number of nitrogens with zero attached hydrogens (tertiary/aromatic N) is 3. The van der Waals surface area contributed by atoms with Gasteiger partial charge in [-0.1, -0.05) is 6.07 Å². The van der Waals surface area contributed by atoms with Gasteiger partial charge in [0.2, 0.25) is 11.9 Å². The second kappa shape index (κ2) is 8.05. The van der Waals surface area contributed by atoms with E-state index in [1.54, 1.807) is 36.4 Å². The molecule has 0 bridgehead atoms. The number of aromatic nitrogens is 3. The Morgan fingerprint density at radius 3 is 2.33 bits per heavy atom. The number of rotatable bonds is 6. The van der Waals surface area contributed by atoms with E-state index < -0.39 is 0 Å². The molecule has 3 rings (SSSR count). The molecule has 0 aliphatic rings. The van der Waals surface area contributed by atoms with E-state index in [0.29, 0.717) is 23.0 Å². The number of anilines is 5. The van der Waals surface area contributed by atoms with Crippen molar-refractivity contribution < 1.29 is 9.59 Å². The maximum absolute atomic E-state index is 11.3. The predicted molar refractivity (Wildman–Crippen MR) is 104 cm³/mol. The third-order valence-corrected chi connectivity index (χ3v) is 3.56. The summed E-state index contributed by atoms with van der Waals surface area (Å²) in [4.78, 5) is 26.9. The summed E-state index contributed by atoms with van der Waals surface area (Å²) in [7, 11) is 0. The summed E-state index contributed by atoms with van der Waals surface area (Å²) in [5, 5.41) is 16.8. The molecule has 8 nitrogen and oxygen atoms in total. The van der Waals surface area contributed by atoms with Gasteiger partial charge in [0.25, 0.3) is 0 Å². The number of ketones is 1. The topological polar surface area (TPSA) is 109 Å². The fourth-order valence-electron chi connectivity index (χ4n) is 2.36. The van der Waals surface area contributed by atoms with Crippen LogP contribution in [-0.2, 0) is 4.79 Å². The quantitative estimate of drug-likeness (QED) is 0.576. The van der Waals surface area contributed by atoms with Gasteiger partial charge >= 0.3 is 0 Å². The molecule has 0 atom stereocenters. The monoisotopic (exact) mass is 362 g/mol. The lowest BCUT2D eigenvalue weighted by molar-refractivity contribution is -0.114. The number of benzene rings is 2. The molecule has 0 saturated heterocycles. The number of hydrogen-bond donors (Lipinski definition) is 3. The van der Waals surface area contributed by atoms with Gasteiger partial charge in [-0.25, -0.2) is 0 Å². The third kappa shape index (κ3) is 5.08. The molecule has 3 aromatic rings. The second-order valence-electron chi connectivity index (χ2n) is 5.81. The Morgan fingerprint density at radius 2 is 1.63 bits per heavy atom. The Morgan fingerprint density at radius 1 is 0.889 bits per heavy atom. The average molecular weight is 362 g/mol. The van der Waals surface area contributed by atoms with Gasteiger partial charge in [-0.3, -0.25) is 9.59 Å². The molecule has 0 saturated carbocycles. The van der Waals surface area contributed by atoms with Gasteiger partial charge in [0, 0.05) is 29.5 Å². The Hall–Kier alpha value is -3.81. The normalized spacial score (nSPS) is 10.1. The molecule has 0 spiro atoms. The van der Waals surface area contributed by atoms with Gasteiger partial charge in [0.1, 0.15) is 0 Å². The van der Waals surface area contributed by atoms with Crippen molar-refractivity contribution in [2.75, 3.05) is 16.0 Å². The van der Waals surface area contributed by atoms with E-state index >= 15 is 0 Å². The fourth-order valence-corrected chi connectivity index (χ4v) is 2.36. The van der Waals surface area contributed by atoms with E-state index in [-0.39, 0.29) is 11.7 Å². The zero-order valence-electron chi connectivity index (χ0n) is 14.9. The number of Topliss-reactive ketones (excluding diaryl/α,β-unsaturated/α-hetero) is 1. The van der Waals surface area contributed by atoms with Gasteiger partial charge in [0.05, 0.1) is 6.20 Å². The summed E-state index contributed by atoms with van der Waals surface area (Å²) < 4.78 is 0. The summed E-state index contributed by atoms with van der Waals surface area (Å²) in [5.74, 6) is 0.673. The lowest BCUT2D eigenvalue weighted by Crippen LogP contribution is -2.06. The van der Waals surface area contributed by atoms with E-state index in [4.69, 9.17) is 0 Å². The number of amides is 1. The van der Waals surface area contributed by atoms with Gasteiger partial charge in [-0.05, 0) is 49.4 Å². The number of hydrogen-bond acceptors (Lipinski definition) is 7. The summed E-state index contributed by atoms with van der Waals surface area (Å²) >= 11 is 0. The first kappa shape index (κ1) is 18.0. The number of nitrogens with one attached hydrogen (secondary N) is 3. The van der Waals surface area contributed by atoms with E-state index in [1.165, 1.54) is 20.0 Å². The lowest BCUT2D eigenvalue weighted by Gasteiger charge is -2.09. The Bertz CT molecular complexity index is 972. The van der Waals surface area contributed by atoms with Crippen LogP contribution in [0.15, 0.2) is 54.7 Å². The molecule has 0 unspecified atom stereocenters. The zero-order valence-corrected chi connectivity index (χ0v) is 14.9. The maximum Gasteiger partial charge on any atom is 0.249 e. The van der Waals surface area contributed by atoms with Crippen molar-refractivity contribution in [1.29, 1.82) is 0 Å². The first-order chi connectivity index (χ1) is 13.0. The molecule has 1 aromatic heterocycles. The van der Waals surface area contributed by atoms with Gasteiger partial charge in [-0.2, -0.15) is 10.1 Å². The molecule has 1 amide bonds. The first-order valence-electron chi connectivity index (χ1n) is 8.22. The molecular formula is C19H18N6O2. The Kier molecular flexibility index (Phi) is 5.36. The number of carbonyl (C=O) groups excluding carboxylic acids is 2. The zero-order chi connectivity index (χ0) is 19.2. The van der Waals surface area contributed by atoms with E-state index in [1.807, 2.05) is 12.1 Å². The van der Waals surface area contributed by atoms with Crippen molar-refractivity contribution in [1.82, 2.24) is 15.2 Å². The Labute approximate surface area is 156 Å². The van der Waals surface area contributed by atoms with Crippen LogP contribution in [0.25, 0.3) is 0 Å². The molecule has 2 aromatic carbocycles. The highest BCUT2D eigenvalue weighted by Crippen LogP contribution is 2.20. The van der Waals surface area contributed by atoms with Crippen LogP contribution in [0, 0.1) is 0 Å². The largest absolute Gasteiger partial charge is 0.339 e. The van der Waals surface area contributed by atoms with Crippen molar-refractivity contribution in [2.45, 2.75) is 13.8 Å². The van der Waals surface area contributed by atoms with Crippen LogP contribution in [0.1, 0.15) is 24.2 Å². The first-order valence-corrected chi connectivity index (χ1v) is 8.22. The third-order valence-electron chi connectivity index (χ3n) is 3.56. The van der Waals surface area contributed by atoms with Crippen LogP contribution in [0.3, 0.4) is 0 Å². The van der Waals surface area contributed by atoms with Crippen molar-refractivity contribution in [3.8, 4) is 0 Å². The van der Waals surface area contributed by atoms with Crippen LogP contribution in [-0.4, -0.2) is 26.9 Å². The molecule has 0 aliphatic heterocycles. The summed E-state index contributed by atoms with van der Waals surface area (Å²) in [6.07, 6.45) is 1.50. The van der Waals surface area contributed by atoms with Crippen molar-refractivity contribution in [2.24, 2.45) is 0 Å². The second-order valence-corrected chi connectivity index (χ2v) is 5.81. The van der Waals surface area contributed by atoms with Crippen LogP contribution in [0.5, 0.6) is 0 Å². The van der Waals surface area contributed by atoms with E-state index in [2.05, 4.69) is 31.1 Å². The molecule has 0 fully saturated rings. The van der Waals surface area contributed by atoms with Crippen molar-refractivity contribution >= 4 is 40.5 Å². The number of carbonyl (C=O) groups is 2. The van der Waals surface area contributed by atoms with E-state index in [9.17, 15) is 9.59 Å². The van der Waals surface area contributed by atoms with Gasteiger partial charge in [-0.15, -0.1) is 5.10 Å². The van der Waals surface area contributed by atoms with Crippen LogP contribution in [0.4, 0.5) is 28.8 Å². The SMILES string of the molecule is CC(=O)Nc1cccc(Nc2cnnc(Nc3ccc(C(C)=O)cc3)n2)c1. The highest BCUT2D eigenvalue weighted by atomic mass is 16.1. The standard InChI is InChI=1S/C19H18N6O2/c1-12(26)14-6-8-15(9-7-14)23-19-24-18(11-20-25-19)22-17-5-3-4-16(10-17)21-13(2)27/h3-11H,1-2H3,(H,21,27)(H2,22,23,24,25). The molecule has 8 heteroatoms. The summed E-state index contributed by atoms with van der Waals surface area (Å²) in [6.45, 7) is 2.97. The Balaban J connectivity index is 1.72. The molecule has 136 valence electrons. The van der Waals surface area contributed by atoms with Gasteiger partial charge < -0.3 is 16.0 Å². The van der Waals surface area contributed by atoms with Crippen LogP contribution >= 0.6 is 0 Å². The predicted octanol–water partition coefficient (Wildman–Crippen LogP) is 3.52. The minimum Gasteiger partial charge on any atom is -0.339 e. The summed E-state index contributed by atoms with van der Waals surface area (Å²) in [5.41, 5.74) is 2.80. The average Bonchev–Trinajstić information content (AvgIpc) is 2.62. The summed E-state index contributed by atoms with van der Waals surface area (Å²) in [6, 6.07) is 14.3. The molecule has 1 heterocycles. The molecular weight excluding hydrogens is 344 g/mol. The fraction of sp³-hybridized carbons (Fsp3) is 0.105. The molecule has 27 heavy (non-hydrogen) atoms. The lowest BCUT2D eigenvalue weighted by atomic mass is 10.1. The van der Waals surface area contributed by atoms with E-state index in [0.717, 1.165) is 11.4 Å². The minimum absolute atomic E-state index is 0.00663. The van der Waals surface area contributed by atoms with Crippen molar-refractivity contribution in [3.05, 3.63) is 60.3 Å². The molecule has 0 radical (unpaired) electrons. The van der Waals surface area contributed by atoms with Crippen molar-refractivity contribution in [3.63, 3.8) is 0 Å².